The molecule has 1 rings (SSSR count). The van der Waals surface area contributed by atoms with Gasteiger partial charge in [-0.1, -0.05) is 6.07 Å². The first-order chi connectivity index (χ1) is 7.04. The van der Waals surface area contributed by atoms with Crippen LogP contribution in [-0.2, 0) is 11.2 Å². The zero-order chi connectivity index (χ0) is 11.4. The van der Waals surface area contributed by atoms with Gasteiger partial charge in [-0.05, 0) is 24.1 Å². The summed E-state index contributed by atoms with van der Waals surface area (Å²) in [6.45, 7) is 0. The number of benzene rings is 1. The third kappa shape index (κ3) is 2.76. The Morgan fingerprint density at radius 2 is 2.33 bits per heavy atom. The van der Waals surface area contributed by atoms with Gasteiger partial charge in [0.25, 0.3) is 0 Å². The summed E-state index contributed by atoms with van der Waals surface area (Å²) >= 11 is 0. The molecule has 0 unspecified atom stereocenters. The van der Waals surface area contributed by atoms with Gasteiger partial charge in [0.05, 0.1) is 11.6 Å². The van der Waals surface area contributed by atoms with Crippen molar-refractivity contribution in [2.75, 3.05) is 0 Å². The number of hydrogen-bond acceptors (Lipinski definition) is 3. The van der Waals surface area contributed by atoms with Gasteiger partial charge in [0.2, 0.25) is 0 Å². The van der Waals surface area contributed by atoms with Crippen molar-refractivity contribution < 1.29 is 14.3 Å². The van der Waals surface area contributed by atoms with Crippen LogP contribution in [0, 0.1) is 17.1 Å². The van der Waals surface area contributed by atoms with Crippen LogP contribution in [0.15, 0.2) is 18.2 Å². The van der Waals surface area contributed by atoms with E-state index in [1.807, 2.05) is 0 Å². The molecule has 0 saturated carbocycles. The highest BCUT2D eigenvalue weighted by Crippen LogP contribution is 2.12. The number of carboxylic acid groups (broad SMARTS) is 1. The van der Waals surface area contributed by atoms with E-state index in [2.05, 4.69) is 0 Å². The SMILES string of the molecule is N#Cc1cc(F)ccc1C[C@H](N)C(=O)O. The van der Waals surface area contributed by atoms with Crippen LogP contribution >= 0.6 is 0 Å². The zero-order valence-corrected chi connectivity index (χ0v) is 7.77. The minimum absolute atomic E-state index is 0.0124. The Morgan fingerprint density at radius 1 is 1.67 bits per heavy atom. The second-order valence-electron chi connectivity index (χ2n) is 3.06. The monoisotopic (exact) mass is 208 g/mol. The highest BCUT2D eigenvalue weighted by atomic mass is 19.1. The second-order valence-corrected chi connectivity index (χ2v) is 3.06. The maximum absolute atomic E-state index is 12.7. The molecule has 0 spiro atoms. The Morgan fingerprint density at radius 3 is 2.87 bits per heavy atom. The first-order valence-corrected chi connectivity index (χ1v) is 4.21. The maximum atomic E-state index is 12.7. The Labute approximate surface area is 85.7 Å². The number of aliphatic carboxylic acids is 1. The molecule has 0 aliphatic rings. The lowest BCUT2D eigenvalue weighted by molar-refractivity contribution is -0.138. The molecule has 0 radical (unpaired) electrons. The number of carbonyl (C=O) groups is 1. The summed E-state index contributed by atoms with van der Waals surface area (Å²) in [5.41, 5.74) is 5.86. The van der Waals surface area contributed by atoms with Gasteiger partial charge in [-0.25, -0.2) is 4.39 Å². The fraction of sp³-hybridized carbons (Fsp3) is 0.200. The Bertz CT molecular complexity index is 426. The number of carboxylic acids is 1. The van der Waals surface area contributed by atoms with Crippen molar-refractivity contribution in [3.63, 3.8) is 0 Å². The Hall–Kier alpha value is -1.93. The summed E-state index contributed by atoms with van der Waals surface area (Å²) in [4.78, 5) is 10.5. The summed E-state index contributed by atoms with van der Waals surface area (Å²) in [6.07, 6.45) is 0.0124. The van der Waals surface area contributed by atoms with E-state index in [-0.39, 0.29) is 12.0 Å². The van der Waals surface area contributed by atoms with Gasteiger partial charge in [0.15, 0.2) is 0 Å². The van der Waals surface area contributed by atoms with Gasteiger partial charge >= 0.3 is 5.97 Å². The Kier molecular flexibility index (Phi) is 3.37. The third-order valence-corrected chi connectivity index (χ3v) is 1.95. The number of rotatable bonds is 3. The maximum Gasteiger partial charge on any atom is 0.320 e. The predicted molar refractivity (Wildman–Crippen MR) is 50.4 cm³/mol. The standard InChI is InChI=1S/C10H9FN2O2/c11-8-2-1-6(7(3-8)5-12)4-9(13)10(14)15/h1-3,9H,4,13H2,(H,14,15)/t9-/m0/s1. The Balaban J connectivity index is 2.96. The minimum Gasteiger partial charge on any atom is -0.480 e. The van der Waals surface area contributed by atoms with Gasteiger partial charge in [-0.15, -0.1) is 0 Å². The van der Waals surface area contributed by atoms with Crippen LogP contribution in [0.2, 0.25) is 0 Å². The van der Waals surface area contributed by atoms with Gasteiger partial charge in [0.1, 0.15) is 11.9 Å². The van der Waals surface area contributed by atoms with Gasteiger partial charge in [0, 0.05) is 0 Å². The quantitative estimate of drug-likeness (QED) is 0.763. The van der Waals surface area contributed by atoms with Crippen molar-refractivity contribution in [3.8, 4) is 6.07 Å². The first kappa shape index (κ1) is 11.1. The fourth-order valence-corrected chi connectivity index (χ4v) is 1.15. The summed E-state index contributed by atoms with van der Waals surface area (Å²) < 4.78 is 12.7. The van der Waals surface area contributed by atoms with Crippen molar-refractivity contribution in [2.45, 2.75) is 12.5 Å². The van der Waals surface area contributed by atoms with E-state index in [9.17, 15) is 9.18 Å². The molecule has 5 heteroatoms. The van der Waals surface area contributed by atoms with Crippen molar-refractivity contribution in [2.24, 2.45) is 5.73 Å². The van der Waals surface area contributed by atoms with Crippen molar-refractivity contribution in [1.82, 2.24) is 0 Å². The van der Waals surface area contributed by atoms with E-state index in [0.717, 1.165) is 6.07 Å². The lowest BCUT2D eigenvalue weighted by Crippen LogP contribution is -2.32. The number of nitrogens with two attached hydrogens (primary N) is 1. The lowest BCUT2D eigenvalue weighted by Gasteiger charge is -2.07. The van der Waals surface area contributed by atoms with Crippen LogP contribution in [-0.4, -0.2) is 17.1 Å². The predicted octanol–water partition coefficient (Wildman–Crippen LogP) is 0.652. The number of nitriles is 1. The molecule has 1 aromatic rings. The molecular weight excluding hydrogens is 199 g/mol. The number of nitrogens with zero attached hydrogens (tertiary/aromatic N) is 1. The largest absolute Gasteiger partial charge is 0.480 e. The second kappa shape index (κ2) is 4.53. The topological polar surface area (TPSA) is 87.1 Å². The molecule has 0 saturated heterocycles. The molecule has 0 aliphatic carbocycles. The van der Waals surface area contributed by atoms with Crippen molar-refractivity contribution in [1.29, 1.82) is 5.26 Å². The average Bonchev–Trinajstić information content (AvgIpc) is 2.20. The summed E-state index contributed by atoms with van der Waals surface area (Å²) in [5, 5.41) is 17.3. The smallest absolute Gasteiger partial charge is 0.320 e. The zero-order valence-electron chi connectivity index (χ0n) is 7.77. The molecule has 1 atom stereocenters. The lowest BCUT2D eigenvalue weighted by atomic mass is 10.0. The molecule has 15 heavy (non-hydrogen) atoms. The van der Waals surface area contributed by atoms with E-state index in [0.29, 0.717) is 5.56 Å². The van der Waals surface area contributed by atoms with Crippen LogP contribution in [0.1, 0.15) is 11.1 Å². The highest BCUT2D eigenvalue weighted by Gasteiger charge is 2.14. The normalized spacial score (nSPS) is 11.8. The number of halogens is 1. The molecule has 78 valence electrons. The van der Waals surface area contributed by atoms with Crippen LogP contribution in [0.3, 0.4) is 0 Å². The van der Waals surface area contributed by atoms with Crippen LogP contribution in [0.5, 0.6) is 0 Å². The number of hydrogen-bond donors (Lipinski definition) is 2. The van der Waals surface area contributed by atoms with Crippen LogP contribution in [0.4, 0.5) is 4.39 Å². The first-order valence-electron chi connectivity index (χ1n) is 4.21. The van der Waals surface area contributed by atoms with Crippen LogP contribution in [0.25, 0.3) is 0 Å². The molecule has 1 aromatic carbocycles. The average molecular weight is 208 g/mol. The fourth-order valence-electron chi connectivity index (χ4n) is 1.15. The third-order valence-electron chi connectivity index (χ3n) is 1.95. The molecule has 0 amide bonds. The molecular formula is C10H9FN2O2. The summed E-state index contributed by atoms with van der Waals surface area (Å²) in [6, 6.07) is 4.31. The molecule has 0 bridgehead atoms. The van der Waals surface area contributed by atoms with Crippen molar-refractivity contribution in [3.05, 3.63) is 35.1 Å². The van der Waals surface area contributed by atoms with E-state index in [4.69, 9.17) is 16.1 Å². The molecule has 0 heterocycles. The van der Waals surface area contributed by atoms with Gasteiger partial charge in [-0.3, -0.25) is 4.79 Å². The molecule has 0 fully saturated rings. The summed E-state index contributed by atoms with van der Waals surface area (Å²) in [7, 11) is 0. The van der Waals surface area contributed by atoms with Gasteiger partial charge < -0.3 is 10.8 Å². The highest BCUT2D eigenvalue weighted by molar-refractivity contribution is 5.73. The minimum atomic E-state index is -1.15. The van der Waals surface area contributed by atoms with E-state index in [1.165, 1.54) is 12.1 Å². The molecule has 3 N–H and O–H groups in total. The van der Waals surface area contributed by atoms with E-state index in [1.54, 1.807) is 6.07 Å². The van der Waals surface area contributed by atoms with E-state index >= 15 is 0 Å². The van der Waals surface area contributed by atoms with Gasteiger partial charge in [-0.2, -0.15) is 5.26 Å². The summed E-state index contributed by atoms with van der Waals surface area (Å²) in [5.74, 6) is -1.68. The van der Waals surface area contributed by atoms with E-state index < -0.39 is 17.8 Å². The molecule has 0 aliphatic heterocycles. The van der Waals surface area contributed by atoms with Crippen molar-refractivity contribution >= 4 is 5.97 Å². The molecule has 0 aromatic heterocycles. The van der Waals surface area contributed by atoms with Crippen LogP contribution < -0.4 is 5.73 Å². The molecule has 4 nitrogen and oxygen atoms in total.